The van der Waals surface area contributed by atoms with E-state index in [0.717, 1.165) is 18.5 Å². The fraction of sp³-hybridized carbons (Fsp3) is 0.227. The van der Waals surface area contributed by atoms with Crippen molar-refractivity contribution in [3.63, 3.8) is 0 Å². The summed E-state index contributed by atoms with van der Waals surface area (Å²) in [7, 11) is -3.45. The van der Waals surface area contributed by atoms with Crippen molar-refractivity contribution < 1.29 is 13.2 Å². The minimum Gasteiger partial charge on any atom is -0.363 e. The maximum Gasteiger partial charge on any atom is 0.254 e. The number of rotatable bonds is 5. The number of H-pyrrole nitrogens is 1. The standard InChI is InChI=1S/C22H22N2O3S/c25-22(24-14-6-12-21(24)20-11-5-13-23-20)18-8-4-7-17(15-18)16-28(26,27)19-9-2-1-3-10-19/h1-5,7-11,13,15,21,23H,6,12,14,16H2/t21-/m1/s1. The zero-order valence-corrected chi connectivity index (χ0v) is 16.2. The van der Waals surface area contributed by atoms with E-state index in [1.165, 1.54) is 0 Å². The summed E-state index contributed by atoms with van der Waals surface area (Å²) in [5.74, 6) is -0.186. The highest BCUT2D eigenvalue weighted by Gasteiger charge is 2.31. The van der Waals surface area contributed by atoms with Crippen LogP contribution in [0.15, 0.2) is 77.8 Å². The molecule has 0 bridgehead atoms. The Bertz CT molecular complexity index is 1060. The van der Waals surface area contributed by atoms with Gasteiger partial charge in [-0.3, -0.25) is 4.79 Å². The molecule has 1 aliphatic rings. The number of amides is 1. The second kappa shape index (κ2) is 7.64. The molecular formula is C22H22N2O3S. The normalized spacial score (nSPS) is 17.0. The molecular weight excluding hydrogens is 372 g/mol. The molecule has 4 rings (SSSR count). The average molecular weight is 394 g/mol. The molecule has 1 aliphatic heterocycles. The molecule has 5 nitrogen and oxygen atoms in total. The third-order valence-corrected chi connectivity index (χ3v) is 6.83. The zero-order valence-electron chi connectivity index (χ0n) is 15.4. The first kappa shape index (κ1) is 18.5. The van der Waals surface area contributed by atoms with Crippen LogP contribution < -0.4 is 0 Å². The number of carbonyl (C=O) groups is 1. The van der Waals surface area contributed by atoms with E-state index in [9.17, 15) is 13.2 Å². The summed E-state index contributed by atoms with van der Waals surface area (Å²) in [6, 6.07) is 19.3. The third kappa shape index (κ3) is 3.73. The van der Waals surface area contributed by atoms with Crippen molar-refractivity contribution in [2.45, 2.75) is 29.5 Å². The van der Waals surface area contributed by atoms with Crippen LogP contribution in [0.25, 0.3) is 0 Å². The SMILES string of the molecule is O=C(c1cccc(CS(=O)(=O)c2ccccc2)c1)N1CCC[C@@H]1c1ccc[nH]1. The lowest BCUT2D eigenvalue weighted by atomic mass is 10.1. The van der Waals surface area contributed by atoms with Crippen LogP contribution in [0.4, 0.5) is 0 Å². The van der Waals surface area contributed by atoms with Gasteiger partial charge in [0.15, 0.2) is 9.84 Å². The van der Waals surface area contributed by atoms with Gasteiger partial charge in [-0.25, -0.2) is 8.42 Å². The van der Waals surface area contributed by atoms with Gasteiger partial charge < -0.3 is 9.88 Å². The van der Waals surface area contributed by atoms with Crippen molar-refractivity contribution >= 4 is 15.7 Å². The van der Waals surface area contributed by atoms with Crippen molar-refractivity contribution in [1.29, 1.82) is 0 Å². The molecule has 0 unspecified atom stereocenters. The molecule has 1 amide bonds. The van der Waals surface area contributed by atoms with Crippen LogP contribution in [0, 0.1) is 0 Å². The van der Waals surface area contributed by atoms with Gasteiger partial charge in [-0.05, 0) is 54.8 Å². The predicted molar refractivity (Wildman–Crippen MR) is 108 cm³/mol. The van der Waals surface area contributed by atoms with Gasteiger partial charge in [0.1, 0.15) is 0 Å². The molecule has 1 atom stereocenters. The number of nitrogens with one attached hydrogen (secondary N) is 1. The molecule has 28 heavy (non-hydrogen) atoms. The van der Waals surface area contributed by atoms with Crippen LogP contribution >= 0.6 is 0 Å². The van der Waals surface area contributed by atoms with Crippen molar-refractivity contribution in [2.75, 3.05) is 6.54 Å². The average Bonchev–Trinajstić information content (AvgIpc) is 3.39. The van der Waals surface area contributed by atoms with E-state index in [4.69, 9.17) is 0 Å². The molecule has 144 valence electrons. The Hall–Kier alpha value is -2.86. The summed E-state index contributed by atoms with van der Waals surface area (Å²) in [5, 5.41) is 0. The van der Waals surface area contributed by atoms with Crippen molar-refractivity contribution in [3.05, 3.63) is 89.7 Å². The number of hydrogen-bond donors (Lipinski definition) is 1. The van der Waals surface area contributed by atoms with Gasteiger partial charge in [-0.1, -0.05) is 30.3 Å². The molecule has 1 aromatic heterocycles. The summed E-state index contributed by atoms with van der Waals surface area (Å²) < 4.78 is 25.3. The number of carbonyl (C=O) groups excluding carboxylic acids is 1. The number of benzene rings is 2. The van der Waals surface area contributed by atoms with Crippen LogP contribution in [-0.4, -0.2) is 30.8 Å². The summed E-state index contributed by atoms with van der Waals surface area (Å²) in [4.78, 5) is 18.5. The highest BCUT2D eigenvalue weighted by Crippen LogP contribution is 2.32. The molecule has 0 spiro atoms. The number of aromatic amines is 1. The topological polar surface area (TPSA) is 70.2 Å². The molecule has 1 saturated heterocycles. The zero-order chi connectivity index (χ0) is 19.6. The summed E-state index contributed by atoms with van der Waals surface area (Å²) in [5.41, 5.74) is 2.18. The van der Waals surface area contributed by atoms with Crippen LogP contribution in [0.1, 0.15) is 40.5 Å². The molecule has 0 radical (unpaired) electrons. The highest BCUT2D eigenvalue weighted by molar-refractivity contribution is 7.90. The first-order valence-electron chi connectivity index (χ1n) is 9.35. The monoisotopic (exact) mass is 394 g/mol. The smallest absolute Gasteiger partial charge is 0.254 e. The van der Waals surface area contributed by atoms with E-state index in [0.29, 0.717) is 17.7 Å². The van der Waals surface area contributed by atoms with Crippen LogP contribution in [0.3, 0.4) is 0 Å². The van der Waals surface area contributed by atoms with E-state index >= 15 is 0 Å². The first-order valence-corrected chi connectivity index (χ1v) is 11.0. The second-order valence-electron chi connectivity index (χ2n) is 7.05. The molecule has 3 aromatic rings. The minimum atomic E-state index is -3.45. The Kier molecular flexibility index (Phi) is 5.05. The minimum absolute atomic E-state index is 0.0409. The van der Waals surface area contributed by atoms with Crippen molar-refractivity contribution in [3.8, 4) is 0 Å². The summed E-state index contributed by atoms with van der Waals surface area (Å²) >= 11 is 0. The predicted octanol–water partition coefficient (Wildman–Crippen LogP) is 3.97. The van der Waals surface area contributed by atoms with E-state index in [1.807, 2.05) is 23.2 Å². The molecule has 2 aromatic carbocycles. The number of hydrogen-bond acceptors (Lipinski definition) is 3. The van der Waals surface area contributed by atoms with Crippen LogP contribution in [0.2, 0.25) is 0 Å². The Balaban J connectivity index is 1.56. The Morgan fingerprint density at radius 2 is 1.86 bits per heavy atom. The van der Waals surface area contributed by atoms with Crippen LogP contribution in [-0.2, 0) is 15.6 Å². The van der Waals surface area contributed by atoms with Gasteiger partial charge in [-0.15, -0.1) is 0 Å². The fourth-order valence-electron chi connectivity index (χ4n) is 3.78. The maximum atomic E-state index is 13.1. The first-order chi connectivity index (χ1) is 13.5. The Labute approximate surface area is 164 Å². The number of aromatic nitrogens is 1. The lowest BCUT2D eigenvalue weighted by Gasteiger charge is -2.24. The van der Waals surface area contributed by atoms with Gasteiger partial charge in [0.05, 0.1) is 16.7 Å². The van der Waals surface area contributed by atoms with Gasteiger partial charge in [0.2, 0.25) is 0 Å². The summed E-state index contributed by atoms with van der Waals surface area (Å²) in [6.07, 6.45) is 3.75. The highest BCUT2D eigenvalue weighted by atomic mass is 32.2. The molecule has 1 N–H and O–H groups in total. The van der Waals surface area contributed by atoms with Crippen LogP contribution in [0.5, 0.6) is 0 Å². The van der Waals surface area contributed by atoms with Gasteiger partial charge in [0, 0.05) is 24.0 Å². The fourth-order valence-corrected chi connectivity index (χ4v) is 5.13. The lowest BCUT2D eigenvalue weighted by Crippen LogP contribution is -2.30. The van der Waals surface area contributed by atoms with Gasteiger partial charge in [-0.2, -0.15) is 0 Å². The Morgan fingerprint density at radius 3 is 2.61 bits per heavy atom. The van der Waals surface area contributed by atoms with Gasteiger partial charge >= 0.3 is 0 Å². The summed E-state index contributed by atoms with van der Waals surface area (Å²) in [6.45, 7) is 0.703. The van der Waals surface area contributed by atoms with Crippen molar-refractivity contribution in [2.24, 2.45) is 0 Å². The quantitative estimate of drug-likeness (QED) is 0.712. The lowest BCUT2D eigenvalue weighted by molar-refractivity contribution is 0.0733. The molecule has 2 heterocycles. The third-order valence-electron chi connectivity index (χ3n) is 5.13. The van der Waals surface area contributed by atoms with E-state index in [2.05, 4.69) is 4.98 Å². The van der Waals surface area contributed by atoms with Crippen molar-refractivity contribution in [1.82, 2.24) is 9.88 Å². The number of likely N-dealkylation sites (tertiary alicyclic amines) is 1. The van der Waals surface area contributed by atoms with E-state index in [1.54, 1.807) is 54.6 Å². The van der Waals surface area contributed by atoms with E-state index < -0.39 is 9.84 Å². The largest absolute Gasteiger partial charge is 0.363 e. The maximum absolute atomic E-state index is 13.1. The molecule has 0 saturated carbocycles. The number of sulfone groups is 1. The van der Waals surface area contributed by atoms with Gasteiger partial charge in [0.25, 0.3) is 5.91 Å². The molecule has 1 fully saturated rings. The van der Waals surface area contributed by atoms with E-state index in [-0.39, 0.29) is 22.6 Å². The second-order valence-corrected chi connectivity index (χ2v) is 9.04. The molecule has 6 heteroatoms. The molecule has 0 aliphatic carbocycles. The Morgan fingerprint density at radius 1 is 1.04 bits per heavy atom. The number of nitrogens with zero attached hydrogens (tertiary/aromatic N) is 1.